The van der Waals surface area contributed by atoms with Crippen LogP contribution in [-0.2, 0) is 6.54 Å². The van der Waals surface area contributed by atoms with Crippen molar-refractivity contribution in [2.45, 2.75) is 6.54 Å². The predicted octanol–water partition coefficient (Wildman–Crippen LogP) is 1.07. The topological polar surface area (TPSA) is 86.0 Å². The number of nitrogens with two attached hydrogens (primary N) is 1. The highest BCUT2D eigenvalue weighted by atomic mass is 16.5. The van der Waals surface area contributed by atoms with E-state index < -0.39 is 0 Å². The number of aromatic nitrogens is 3. The molecule has 0 saturated carbocycles. The summed E-state index contributed by atoms with van der Waals surface area (Å²) in [6.07, 6.45) is 3.19. The maximum absolute atomic E-state index is 5.79. The van der Waals surface area contributed by atoms with Gasteiger partial charge in [0.15, 0.2) is 5.82 Å². The summed E-state index contributed by atoms with van der Waals surface area (Å²) in [5.41, 5.74) is 7.23. The Balaban J connectivity index is 2.08. The summed E-state index contributed by atoms with van der Waals surface area (Å²) in [5.74, 6) is 1.10. The second kappa shape index (κ2) is 5.11. The van der Waals surface area contributed by atoms with Crippen molar-refractivity contribution in [3.05, 3.63) is 36.4 Å². The van der Waals surface area contributed by atoms with E-state index >= 15 is 0 Å². The van der Waals surface area contributed by atoms with Gasteiger partial charge in [-0.05, 0) is 12.1 Å². The van der Waals surface area contributed by atoms with Crippen LogP contribution in [0.4, 0.5) is 11.5 Å². The first-order chi connectivity index (χ1) is 8.29. The molecule has 17 heavy (non-hydrogen) atoms. The number of pyridine rings is 1. The number of nitrogens with one attached hydrogen (secondary N) is 1. The minimum Gasteiger partial charge on any atom is -0.481 e. The molecule has 3 N–H and O–H groups in total. The highest BCUT2D eigenvalue weighted by Gasteiger charge is 2.03. The second-order valence-corrected chi connectivity index (χ2v) is 3.35. The molecule has 0 aliphatic heterocycles. The van der Waals surface area contributed by atoms with Crippen LogP contribution in [0, 0.1) is 0 Å². The van der Waals surface area contributed by atoms with E-state index in [1.807, 2.05) is 6.07 Å². The molecule has 2 rings (SSSR count). The fourth-order valence-electron chi connectivity index (χ4n) is 1.30. The number of nitrogens with zero attached hydrogens (tertiary/aromatic N) is 3. The molecular weight excluding hydrogens is 218 g/mol. The van der Waals surface area contributed by atoms with Gasteiger partial charge in [-0.25, -0.2) is 9.97 Å². The van der Waals surface area contributed by atoms with Crippen LogP contribution < -0.4 is 15.8 Å². The van der Waals surface area contributed by atoms with Crippen molar-refractivity contribution in [1.29, 1.82) is 0 Å². The van der Waals surface area contributed by atoms with E-state index in [9.17, 15) is 0 Å². The van der Waals surface area contributed by atoms with Crippen LogP contribution in [-0.4, -0.2) is 22.1 Å². The first-order valence-electron chi connectivity index (χ1n) is 5.09. The summed E-state index contributed by atoms with van der Waals surface area (Å²) in [7, 11) is 1.56. The highest BCUT2D eigenvalue weighted by molar-refractivity contribution is 5.61. The van der Waals surface area contributed by atoms with Crippen molar-refractivity contribution in [3.8, 4) is 5.88 Å². The van der Waals surface area contributed by atoms with Gasteiger partial charge in [-0.1, -0.05) is 0 Å². The van der Waals surface area contributed by atoms with E-state index in [4.69, 9.17) is 10.5 Å². The van der Waals surface area contributed by atoms with E-state index in [0.717, 1.165) is 5.69 Å². The third-order valence-electron chi connectivity index (χ3n) is 2.19. The first-order valence-corrected chi connectivity index (χ1v) is 5.09. The zero-order valence-electron chi connectivity index (χ0n) is 9.42. The van der Waals surface area contributed by atoms with Gasteiger partial charge in [0.2, 0.25) is 5.88 Å². The van der Waals surface area contributed by atoms with Gasteiger partial charge in [0, 0.05) is 12.3 Å². The van der Waals surface area contributed by atoms with Gasteiger partial charge in [-0.15, -0.1) is 0 Å². The molecule has 0 spiro atoms. The molecule has 0 aliphatic rings. The van der Waals surface area contributed by atoms with Crippen LogP contribution in [0.15, 0.2) is 30.7 Å². The average molecular weight is 231 g/mol. The van der Waals surface area contributed by atoms with Gasteiger partial charge in [-0.3, -0.25) is 0 Å². The molecule has 0 fully saturated rings. The molecule has 0 saturated heterocycles. The number of methoxy groups -OCH3 is 1. The number of ether oxygens (including phenoxy) is 1. The van der Waals surface area contributed by atoms with Crippen molar-refractivity contribution in [2.24, 2.45) is 0 Å². The maximum Gasteiger partial charge on any atom is 0.215 e. The van der Waals surface area contributed by atoms with Crippen molar-refractivity contribution in [1.82, 2.24) is 15.0 Å². The smallest absolute Gasteiger partial charge is 0.215 e. The first kappa shape index (κ1) is 11.1. The van der Waals surface area contributed by atoms with E-state index in [2.05, 4.69) is 20.3 Å². The Hall–Kier alpha value is -2.37. The lowest BCUT2D eigenvalue weighted by molar-refractivity contribution is 0.398. The molecule has 6 heteroatoms. The van der Waals surface area contributed by atoms with Crippen molar-refractivity contribution in [2.75, 3.05) is 18.2 Å². The Morgan fingerprint density at radius 1 is 1.35 bits per heavy atom. The summed E-state index contributed by atoms with van der Waals surface area (Å²) in [5, 5.41) is 3.10. The monoisotopic (exact) mass is 231 g/mol. The number of hydrogen-bond acceptors (Lipinski definition) is 6. The van der Waals surface area contributed by atoms with Crippen LogP contribution >= 0.6 is 0 Å². The molecule has 0 bridgehead atoms. The predicted molar refractivity (Wildman–Crippen MR) is 64.6 cm³/mol. The Morgan fingerprint density at radius 3 is 2.94 bits per heavy atom. The molecule has 0 unspecified atom stereocenters. The Morgan fingerprint density at radius 2 is 2.24 bits per heavy atom. The SMILES string of the molecule is COc1ccc(N)c(NCc2ccncn2)n1. The Bertz CT molecular complexity index is 488. The van der Waals surface area contributed by atoms with Crippen LogP contribution in [0.5, 0.6) is 5.88 Å². The highest BCUT2D eigenvalue weighted by Crippen LogP contribution is 2.19. The molecule has 0 amide bonds. The Kier molecular flexibility index (Phi) is 3.34. The van der Waals surface area contributed by atoms with Gasteiger partial charge in [-0.2, -0.15) is 4.98 Å². The normalized spacial score (nSPS) is 9.94. The molecule has 88 valence electrons. The molecule has 0 radical (unpaired) electrons. The van der Waals surface area contributed by atoms with E-state index in [1.165, 1.54) is 6.33 Å². The largest absolute Gasteiger partial charge is 0.481 e. The summed E-state index contributed by atoms with van der Waals surface area (Å²) >= 11 is 0. The van der Waals surface area contributed by atoms with Gasteiger partial charge < -0.3 is 15.8 Å². The minimum absolute atomic E-state index is 0.518. The number of nitrogen functional groups attached to an aromatic ring is 1. The standard InChI is InChI=1S/C11H13N5O/c1-17-10-3-2-9(12)11(16-10)14-6-8-4-5-13-7-15-8/h2-5,7H,6,12H2,1H3,(H,14,16). The quantitative estimate of drug-likeness (QED) is 0.818. The summed E-state index contributed by atoms with van der Waals surface area (Å²) in [6, 6.07) is 5.28. The maximum atomic E-state index is 5.79. The molecule has 6 nitrogen and oxygen atoms in total. The van der Waals surface area contributed by atoms with E-state index in [0.29, 0.717) is 23.9 Å². The van der Waals surface area contributed by atoms with Crippen LogP contribution in [0.25, 0.3) is 0 Å². The fourth-order valence-corrected chi connectivity index (χ4v) is 1.30. The van der Waals surface area contributed by atoms with Gasteiger partial charge >= 0.3 is 0 Å². The van der Waals surface area contributed by atoms with E-state index in [1.54, 1.807) is 25.4 Å². The van der Waals surface area contributed by atoms with Crippen molar-refractivity contribution in [3.63, 3.8) is 0 Å². The molecule has 2 aromatic heterocycles. The van der Waals surface area contributed by atoms with Crippen molar-refractivity contribution >= 4 is 11.5 Å². The average Bonchev–Trinajstić information content (AvgIpc) is 2.39. The fraction of sp³-hybridized carbons (Fsp3) is 0.182. The van der Waals surface area contributed by atoms with Gasteiger partial charge in [0.25, 0.3) is 0 Å². The lowest BCUT2D eigenvalue weighted by Crippen LogP contribution is -2.06. The van der Waals surface area contributed by atoms with Crippen LogP contribution in [0.3, 0.4) is 0 Å². The molecule has 2 heterocycles. The summed E-state index contributed by atoms with van der Waals surface area (Å²) < 4.78 is 5.03. The summed E-state index contributed by atoms with van der Waals surface area (Å²) in [4.78, 5) is 12.1. The lowest BCUT2D eigenvalue weighted by Gasteiger charge is -2.09. The van der Waals surface area contributed by atoms with Crippen LogP contribution in [0.1, 0.15) is 5.69 Å². The van der Waals surface area contributed by atoms with Gasteiger partial charge in [0.1, 0.15) is 6.33 Å². The third kappa shape index (κ3) is 2.81. The van der Waals surface area contributed by atoms with Crippen molar-refractivity contribution < 1.29 is 4.74 Å². The third-order valence-corrected chi connectivity index (χ3v) is 2.19. The number of rotatable bonds is 4. The molecule has 2 aromatic rings. The van der Waals surface area contributed by atoms with Crippen LogP contribution in [0.2, 0.25) is 0 Å². The molecule has 0 aromatic carbocycles. The molecular formula is C11H13N5O. The van der Waals surface area contributed by atoms with E-state index in [-0.39, 0.29) is 0 Å². The zero-order valence-corrected chi connectivity index (χ0v) is 9.42. The second-order valence-electron chi connectivity index (χ2n) is 3.35. The zero-order chi connectivity index (χ0) is 12.1. The summed E-state index contributed by atoms with van der Waals surface area (Å²) in [6.45, 7) is 0.535. The number of hydrogen-bond donors (Lipinski definition) is 2. The number of anilines is 2. The lowest BCUT2D eigenvalue weighted by atomic mass is 10.3. The Labute approximate surface area is 98.9 Å². The molecule has 0 atom stereocenters. The molecule has 0 aliphatic carbocycles. The van der Waals surface area contributed by atoms with Gasteiger partial charge in [0.05, 0.1) is 25.0 Å². The minimum atomic E-state index is 0.518.